The van der Waals surface area contributed by atoms with E-state index in [1.807, 2.05) is 13.8 Å². The summed E-state index contributed by atoms with van der Waals surface area (Å²) in [5.74, 6) is 1.51. The lowest BCUT2D eigenvalue weighted by Gasteiger charge is -2.57. The molecule has 0 aromatic carbocycles. The minimum Gasteiger partial charge on any atom is -0.393 e. The Morgan fingerprint density at radius 3 is 2.62 bits per heavy atom. The average molecular weight is 292 g/mol. The van der Waals surface area contributed by atoms with Gasteiger partial charge in [0.15, 0.2) is 0 Å². The third-order valence-electron chi connectivity index (χ3n) is 6.44. The van der Waals surface area contributed by atoms with Crippen molar-refractivity contribution in [2.45, 2.75) is 72.8 Å². The molecule has 0 spiro atoms. The summed E-state index contributed by atoms with van der Waals surface area (Å²) in [4.78, 5) is 12.0. The molecular weight excluding hydrogens is 260 g/mol. The fourth-order valence-corrected chi connectivity index (χ4v) is 4.70. The molecule has 0 saturated heterocycles. The molecule has 0 amide bonds. The van der Waals surface area contributed by atoms with Crippen LogP contribution in [0.2, 0.25) is 0 Å². The first kappa shape index (κ1) is 16.7. The van der Waals surface area contributed by atoms with Crippen LogP contribution in [0.5, 0.6) is 0 Å². The predicted molar refractivity (Wildman–Crippen MR) is 86.9 cm³/mol. The van der Waals surface area contributed by atoms with Gasteiger partial charge >= 0.3 is 0 Å². The molecule has 2 aliphatic carbocycles. The van der Waals surface area contributed by atoms with E-state index in [1.54, 1.807) is 0 Å². The molecule has 0 radical (unpaired) electrons. The van der Waals surface area contributed by atoms with Gasteiger partial charge in [0.05, 0.1) is 6.10 Å². The highest BCUT2D eigenvalue weighted by Gasteiger charge is 2.53. The zero-order valence-corrected chi connectivity index (χ0v) is 14.4. The molecule has 1 N–H and O–H groups in total. The molecular formula is C19H32O2. The molecule has 0 bridgehead atoms. The highest BCUT2D eigenvalue weighted by Crippen LogP contribution is 2.59. The summed E-state index contributed by atoms with van der Waals surface area (Å²) in [5.41, 5.74) is 0.201. The van der Waals surface area contributed by atoms with Gasteiger partial charge in [-0.2, -0.15) is 0 Å². The molecule has 21 heavy (non-hydrogen) atoms. The van der Waals surface area contributed by atoms with Crippen molar-refractivity contribution in [3.8, 4) is 0 Å². The lowest BCUT2D eigenvalue weighted by atomic mass is 9.48. The third kappa shape index (κ3) is 2.97. The van der Waals surface area contributed by atoms with Gasteiger partial charge in [-0.05, 0) is 48.3 Å². The second-order valence-corrected chi connectivity index (χ2v) is 8.36. The van der Waals surface area contributed by atoms with E-state index in [9.17, 15) is 9.90 Å². The van der Waals surface area contributed by atoms with Gasteiger partial charge in [-0.15, -0.1) is 0 Å². The minimum atomic E-state index is -0.194. The van der Waals surface area contributed by atoms with Crippen LogP contribution in [-0.2, 0) is 4.79 Å². The molecule has 2 nitrogen and oxygen atoms in total. The number of allylic oxidation sites excluding steroid dienone is 2. The Morgan fingerprint density at radius 1 is 1.33 bits per heavy atom. The van der Waals surface area contributed by atoms with Crippen LogP contribution in [0.1, 0.15) is 66.7 Å². The first-order chi connectivity index (χ1) is 9.69. The molecule has 0 heterocycles. The Hall–Kier alpha value is -0.630. The normalized spacial score (nSPS) is 38.3. The van der Waals surface area contributed by atoms with Gasteiger partial charge in [0.2, 0.25) is 0 Å². The van der Waals surface area contributed by atoms with Crippen LogP contribution in [0.25, 0.3) is 0 Å². The number of carbonyl (C=O) groups excluding carboxylic acids is 1. The van der Waals surface area contributed by atoms with E-state index in [2.05, 4.69) is 32.9 Å². The molecule has 0 unspecified atom stereocenters. The fourth-order valence-electron chi connectivity index (χ4n) is 4.70. The maximum absolute atomic E-state index is 12.0. The summed E-state index contributed by atoms with van der Waals surface area (Å²) < 4.78 is 0. The molecule has 2 heteroatoms. The Balaban J connectivity index is 2.15. The molecule has 120 valence electrons. The van der Waals surface area contributed by atoms with E-state index in [4.69, 9.17) is 0 Å². The lowest BCUT2D eigenvalue weighted by molar-refractivity contribution is -0.125. The quantitative estimate of drug-likeness (QED) is 0.781. The summed E-state index contributed by atoms with van der Waals surface area (Å²) >= 11 is 0. The molecule has 4 atom stereocenters. The van der Waals surface area contributed by atoms with Gasteiger partial charge in [0, 0.05) is 12.3 Å². The van der Waals surface area contributed by atoms with Crippen LogP contribution >= 0.6 is 0 Å². The Labute approximate surface area is 130 Å². The minimum absolute atomic E-state index is 0.0297. The molecule has 2 rings (SSSR count). The van der Waals surface area contributed by atoms with Gasteiger partial charge in [-0.1, -0.05) is 46.8 Å². The number of hydrogen-bond acceptors (Lipinski definition) is 2. The number of ketones is 1. The van der Waals surface area contributed by atoms with E-state index < -0.39 is 0 Å². The van der Waals surface area contributed by atoms with E-state index in [1.165, 1.54) is 0 Å². The number of aliphatic hydroxyl groups is 1. The highest BCUT2D eigenvalue weighted by atomic mass is 16.3. The van der Waals surface area contributed by atoms with Crippen molar-refractivity contribution in [2.75, 3.05) is 0 Å². The largest absolute Gasteiger partial charge is 0.393 e. The molecule has 1 fully saturated rings. The number of Topliss-reactive ketones (excluding diaryl/α,β-unsaturated/α-hetero) is 1. The van der Waals surface area contributed by atoms with Crippen LogP contribution in [0.4, 0.5) is 0 Å². The van der Waals surface area contributed by atoms with E-state index in [0.29, 0.717) is 24.0 Å². The Bertz CT molecular complexity index is 421. The Kier molecular flexibility index (Phi) is 4.68. The monoisotopic (exact) mass is 292 g/mol. The summed E-state index contributed by atoms with van der Waals surface area (Å²) in [6, 6.07) is 0. The molecule has 1 saturated carbocycles. The van der Waals surface area contributed by atoms with Crippen molar-refractivity contribution < 1.29 is 9.90 Å². The SMILES string of the molecule is CC(C)C(=O)CC[C@@H]1C=CC[C@@H]2C(C)(C)[C@H](O)CC[C@]21C. The highest BCUT2D eigenvalue weighted by molar-refractivity contribution is 5.80. The van der Waals surface area contributed by atoms with Crippen LogP contribution in [0.15, 0.2) is 12.2 Å². The van der Waals surface area contributed by atoms with Gasteiger partial charge in [0.1, 0.15) is 5.78 Å². The molecule has 0 aromatic heterocycles. The van der Waals surface area contributed by atoms with E-state index >= 15 is 0 Å². The second-order valence-electron chi connectivity index (χ2n) is 8.36. The van der Waals surface area contributed by atoms with Gasteiger partial charge in [-0.25, -0.2) is 0 Å². The van der Waals surface area contributed by atoms with Crippen molar-refractivity contribution in [2.24, 2.45) is 28.6 Å². The maximum Gasteiger partial charge on any atom is 0.135 e. The van der Waals surface area contributed by atoms with Crippen molar-refractivity contribution >= 4 is 5.78 Å². The van der Waals surface area contributed by atoms with Crippen LogP contribution in [-0.4, -0.2) is 17.0 Å². The fraction of sp³-hybridized carbons (Fsp3) is 0.842. The van der Waals surface area contributed by atoms with Crippen molar-refractivity contribution in [3.63, 3.8) is 0 Å². The van der Waals surface area contributed by atoms with E-state index in [0.717, 1.165) is 25.7 Å². The van der Waals surface area contributed by atoms with Crippen molar-refractivity contribution in [1.82, 2.24) is 0 Å². The van der Waals surface area contributed by atoms with Crippen LogP contribution < -0.4 is 0 Å². The van der Waals surface area contributed by atoms with Crippen LogP contribution in [0.3, 0.4) is 0 Å². The lowest BCUT2D eigenvalue weighted by Crippen LogP contribution is -2.53. The van der Waals surface area contributed by atoms with Gasteiger partial charge in [-0.3, -0.25) is 4.79 Å². The number of fused-ring (bicyclic) bond motifs is 1. The van der Waals surface area contributed by atoms with Crippen molar-refractivity contribution in [3.05, 3.63) is 12.2 Å². The number of hydrogen-bond donors (Lipinski definition) is 1. The number of aliphatic hydroxyl groups excluding tert-OH is 1. The zero-order chi connectivity index (χ0) is 15.8. The zero-order valence-electron chi connectivity index (χ0n) is 14.4. The summed E-state index contributed by atoms with van der Waals surface area (Å²) in [6.07, 6.45) is 9.13. The van der Waals surface area contributed by atoms with Crippen LogP contribution in [0, 0.1) is 28.6 Å². The van der Waals surface area contributed by atoms with E-state index in [-0.39, 0.29) is 22.9 Å². The van der Waals surface area contributed by atoms with Gasteiger partial charge in [0.25, 0.3) is 0 Å². The molecule has 2 aliphatic rings. The third-order valence-corrected chi connectivity index (χ3v) is 6.44. The predicted octanol–water partition coefficient (Wildman–Crippen LogP) is 4.37. The molecule has 0 aliphatic heterocycles. The smallest absolute Gasteiger partial charge is 0.135 e. The Morgan fingerprint density at radius 2 is 2.00 bits per heavy atom. The number of rotatable bonds is 4. The second kappa shape index (κ2) is 5.87. The summed E-state index contributed by atoms with van der Waals surface area (Å²) in [7, 11) is 0. The van der Waals surface area contributed by atoms with Crippen molar-refractivity contribution in [1.29, 1.82) is 0 Å². The summed E-state index contributed by atoms with van der Waals surface area (Å²) in [5, 5.41) is 10.4. The average Bonchev–Trinajstić information content (AvgIpc) is 2.41. The standard InChI is InChI=1S/C19H32O2/c1-13(2)15(20)10-9-14-7-6-8-16-18(3,4)17(21)11-12-19(14,16)5/h6-7,13-14,16-17,21H,8-12H2,1-5H3/t14-,16+,17+,19-/m0/s1. The molecule has 0 aromatic rings. The first-order valence-electron chi connectivity index (χ1n) is 8.57. The first-order valence-corrected chi connectivity index (χ1v) is 8.57. The summed E-state index contributed by atoms with van der Waals surface area (Å²) in [6.45, 7) is 10.8. The van der Waals surface area contributed by atoms with Gasteiger partial charge < -0.3 is 5.11 Å². The maximum atomic E-state index is 12.0. The topological polar surface area (TPSA) is 37.3 Å². The number of carbonyl (C=O) groups is 1.